The van der Waals surface area contributed by atoms with Crippen molar-refractivity contribution in [3.63, 3.8) is 0 Å². The van der Waals surface area contributed by atoms with Gasteiger partial charge in [-0.05, 0) is 19.8 Å². The summed E-state index contributed by atoms with van der Waals surface area (Å²) < 4.78 is 4.74. The third kappa shape index (κ3) is 9.12. The summed E-state index contributed by atoms with van der Waals surface area (Å²) in [6, 6.07) is 0. The van der Waals surface area contributed by atoms with Crippen LogP contribution >= 0.6 is 0 Å². The van der Waals surface area contributed by atoms with Gasteiger partial charge in [0.05, 0.1) is 6.61 Å². The highest BCUT2D eigenvalue weighted by atomic mass is 16.5. The molecule has 0 unspecified atom stereocenters. The van der Waals surface area contributed by atoms with Crippen LogP contribution in [0, 0.1) is 0 Å². The molecule has 0 fully saturated rings. The molecule has 0 bridgehead atoms. The number of carbonyl (C=O) groups is 1. The van der Waals surface area contributed by atoms with E-state index >= 15 is 0 Å². The van der Waals surface area contributed by atoms with Crippen LogP contribution in [0.15, 0.2) is 12.2 Å². The summed E-state index contributed by atoms with van der Waals surface area (Å²) in [7, 11) is 0. The van der Waals surface area contributed by atoms with E-state index in [9.17, 15) is 4.79 Å². The summed E-state index contributed by atoms with van der Waals surface area (Å²) in [5.41, 5.74) is 0. The van der Waals surface area contributed by atoms with Crippen molar-refractivity contribution in [3.05, 3.63) is 12.2 Å². The first kappa shape index (κ1) is 12.2. The summed E-state index contributed by atoms with van der Waals surface area (Å²) in [4.78, 5) is 10.8. The van der Waals surface area contributed by atoms with Crippen LogP contribution in [0.2, 0.25) is 0 Å². The predicted molar refractivity (Wildman–Crippen MR) is 54.5 cm³/mol. The maximum Gasteiger partial charge on any atom is 0.330 e. The van der Waals surface area contributed by atoms with Crippen LogP contribution < -0.4 is 0 Å². The number of esters is 1. The fraction of sp³-hybridized carbons (Fsp3) is 0.727. The van der Waals surface area contributed by atoms with Gasteiger partial charge in [-0.25, -0.2) is 4.79 Å². The number of carbonyl (C=O) groups excluding carboxylic acids is 1. The van der Waals surface area contributed by atoms with Crippen LogP contribution in [0.25, 0.3) is 0 Å². The normalized spacial score (nSPS) is 10.6. The van der Waals surface area contributed by atoms with Crippen LogP contribution in [-0.2, 0) is 9.53 Å². The third-order valence-corrected chi connectivity index (χ3v) is 1.76. The van der Waals surface area contributed by atoms with E-state index in [0.717, 1.165) is 6.42 Å². The average molecular weight is 184 g/mol. The van der Waals surface area contributed by atoms with E-state index in [4.69, 9.17) is 4.74 Å². The topological polar surface area (TPSA) is 26.3 Å². The van der Waals surface area contributed by atoms with Crippen LogP contribution in [-0.4, -0.2) is 12.6 Å². The lowest BCUT2D eigenvalue weighted by atomic mass is 10.1. The maximum absolute atomic E-state index is 10.8. The standard InChI is InChI=1S/C11H20O2/c1-3-5-6-7-8-9-10-11(12)13-4-2/h9-10H,3-8H2,1-2H3/b10-9-. The SMILES string of the molecule is CCCCCC/C=C\C(=O)OCC. The quantitative estimate of drug-likeness (QED) is 0.345. The molecule has 0 radical (unpaired) electrons. The second kappa shape index (κ2) is 9.30. The van der Waals surface area contributed by atoms with E-state index < -0.39 is 0 Å². The van der Waals surface area contributed by atoms with Gasteiger partial charge in [0.25, 0.3) is 0 Å². The molecule has 0 atom stereocenters. The molecular weight excluding hydrogens is 164 g/mol. The first-order valence-corrected chi connectivity index (χ1v) is 5.14. The number of hydrogen-bond acceptors (Lipinski definition) is 2. The van der Waals surface area contributed by atoms with Crippen molar-refractivity contribution in [1.29, 1.82) is 0 Å². The molecule has 0 saturated heterocycles. The van der Waals surface area contributed by atoms with E-state index in [2.05, 4.69) is 6.92 Å². The Hall–Kier alpha value is -0.790. The lowest BCUT2D eigenvalue weighted by Crippen LogP contribution is -1.98. The van der Waals surface area contributed by atoms with Gasteiger partial charge in [0, 0.05) is 6.08 Å². The van der Waals surface area contributed by atoms with E-state index in [1.54, 1.807) is 0 Å². The van der Waals surface area contributed by atoms with Gasteiger partial charge in [0.1, 0.15) is 0 Å². The Kier molecular flexibility index (Phi) is 8.73. The maximum atomic E-state index is 10.8. The van der Waals surface area contributed by atoms with Gasteiger partial charge in [0.2, 0.25) is 0 Å². The molecule has 0 amide bonds. The van der Waals surface area contributed by atoms with E-state index in [0.29, 0.717) is 6.61 Å². The Bertz CT molecular complexity index is 150. The molecule has 0 aromatic heterocycles. The first-order valence-electron chi connectivity index (χ1n) is 5.14. The second-order valence-electron chi connectivity index (χ2n) is 3.00. The molecular formula is C11H20O2. The molecule has 0 rings (SSSR count). The number of allylic oxidation sites excluding steroid dienone is 1. The van der Waals surface area contributed by atoms with Gasteiger partial charge in [-0.3, -0.25) is 0 Å². The molecule has 2 heteroatoms. The van der Waals surface area contributed by atoms with Gasteiger partial charge < -0.3 is 4.74 Å². The summed E-state index contributed by atoms with van der Waals surface area (Å²) >= 11 is 0. The zero-order chi connectivity index (χ0) is 9.94. The summed E-state index contributed by atoms with van der Waals surface area (Å²) in [5, 5.41) is 0. The highest BCUT2D eigenvalue weighted by Crippen LogP contribution is 2.02. The van der Waals surface area contributed by atoms with Crippen LogP contribution in [0.1, 0.15) is 46.0 Å². The van der Waals surface area contributed by atoms with Crippen molar-refractivity contribution < 1.29 is 9.53 Å². The average Bonchev–Trinajstić information content (AvgIpc) is 2.11. The van der Waals surface area contributed by atoms with Crippen LogP contribution in [0.3, 0.4) is 0 Å². The fourth-order valence-electron chi connectivity index (χ4n) is 1.06. The minimum absolute atomic E-state index is 0.224. The monoisotopic (exact) mass is 184 g/mol. The Morgan fingerprint density at radius 3 is 2.62 bits per heavy atom. The second-order valence-corrected chi connectivity index (χ2v) is 3.00. The van der Waals surface area contributed by atoms with Gasteiger partial charge in [-0.2, -0.15) is 0 Å². The van der Waals surface area contributed by atoms with Crippen molar-refractivity contribution in [2.45, 2.75) is 46.0 Å². The Balaban J connectivity index is 3.25. The Morgan fingerprint density at radius 2 is 2.00 bits per heavy atom. The zero-order valence-corrected chi connectivity index (χ0v) is 8.71. The number of rotatable bonds is 7. The smallest absolute Gasteiger partial charge is 0.330 e. The van der Waals surface area contributed by atoms with Crippen molar-refractivity contribution in [2.24, 2.45) is 0 Å². The summed E-state index contributed by atoms with van der Waals surface area (Å²) in [6.45, 7) is 4.46. The summed E-state index contributed by atoms with van der Waals surface area (Å²) in [6.07, 6.45) is 9.37. The van der Waals surface area contributed by atoms with Gasteiger partial charge in [-0.1, -0.05) is 32.3 Å². The lowest BCUT2D eigenvalue weighted by molar-refractivity contribution is -0.137. The van der Waals surface area contributed by atoms with Crippen LogP contribution in [0.5, 0.6) is 0 Å². The molecule has 0 N–H and O–H groups in total. The molecule has 0 saturated carbocycles. The largest absolute Gasteiger partial charge is 0.463 e. The fourth-order valence-corrected chi connectivity index (χ4v) is 1.06. The number of ether oxygens (including phenoxy) is 1. The molecule has 0 spiro atoms. The third-order valence-electron chi connectivity index (χ3n) is 1.76. The van der Waals surface area contributed by atoms with Gasteiger partial charge >= 0.3 is 5.97 Å². The molecule has 0 aliphatic heterocycles. The molecule has 0 heterocycles. The molecule has 0 aliphatic rings. The van der Waals surface area contributed by atoms with Gasteiger partial charge in [-0.15, -0.1) is 0 Å². The minimum atomic E-state index is -0.224. The number of hydrogen-bond donors (Lipinski definition) is 0. The highest BCUT2D eigenvalue weighted by molar-refractivity contribution is 5.81. The molecule has 0 aromatic rings. The molecule has 13 heavy (non-hydrogen) atoms. The zero-order valence-electron chi connectivity index (χ0n) is 8.71. The lowest BCUT2D eigenvalue weighted by Gasteiger charge is -1.95. The van der Waals surface area contributed by atoms with Gasteiger partial charge in [0.15, 0.2) is 0 Å². The predicted octanol–water partition coefficient (Wildman–Crippen LogP) is 3.08. The molecule has 76 valence electrons. The minimum Gasteiger partial charge on any atom is -0.463 e. The van der Waals surface area contributed by atoms with E-state index in [-0.39, 0.29) is 5.97 Å². The van der Waals surface area contributed by atoms with Crippen molar-refractivity contribution in [1.82, 2.24) is 0 Å². The van der Waals surface area contributed by atoms with Crippen molar-refractivity contribution in [2.75, 3.05) is 6.61 Å². The van der Waals surface area contributed by atoms with E-state index in [1.807, 2.05) is 13.0 Å². The molecule has 2 nitrogen and oxygen atoms in total. The first-order chi connectivity index (χ1) is 6.31. The van der Waals surface area contributed by atoms with E-state index in [1.165, 1.54) is 31.8 Å². The highest BCUT2D eigenvalue weighted by Gasteiger charge is 1.91. The van der Waals surface area contributed by atoms with Crippen molar-refractivity contribution >= 4 is 5.97 Å². The molecule has 0 aromatic carbocycles. The molecule has 0 aliphatic carbocycles. The number of unbranched alkanes of at least 4 members (excludes halogenated alkanes) is 4. The Labute approximate surface area is 81.0 Å². The summed E-state index contributed by atoms with van der Waals surface area (Å²) in [5.74, 6) is -0.224. The Morgan fingerprint density at radius 1 is 1.23 bits per heavy atom. The van der Waals surface area contributed by atoms with Crippen molar-refractivity contribution in [3.8, 4) is 0 Å². The van der Waals surface area contributed by atoms with Crippen LogP contribution in [0.4, 0.5) is 0 Å².